The summed E-state index contributed by atoms with van der Waals surface area (Å²) in [5, 5.41) is 0. The number of morpholine rings is 1. The van der Waals surface area contributed by atoms with E-state index >= 15 is 0 Å². The predicted molar refractivity (Wildman–Crippen MR) is 95.5 cm³/mol. The number of hydrogen-bond donors (Lipinski definition) is 1. The van der Waals surface area contributed by atoms with Gasteiger partial charge in [0.05, 0.1) is 25.2 Å². The molecule has 0 spiro atoms. The van der Waals surface area contributed by atoms with Crippen molar-refractivity contribution < 1.29 is 14.3 Å². The molecule has 5 heteroatoms. The average Bonchev–Trinajstić information content (AvgIpc) is 2.68. The number of Topliss-reactive ketones (excluding diaryl/α,β-unsaturated/α-hetero) is 1. The number of ether oxygens (including phenoxy) is 2. The smallest absolute Gasteiger partial charge is 0.171 e. The van der Waals surface area contributed by atoms with Crippen LogP contribution in [0.1, 0.15) is 22.3 Å². The highest BCUT2D eigenvalue weighted by Crippen LogP contribution is 2.38. The van der Waals surface area contributed by atoms with Crippen LogP contribution in [-0.4, -0.2) is 43.2 Å². The van der Waals surface area contributed by atoms with Crippen LogP contribution in [0.15, 0.2) is 42.5 Å². The molecule has 2 aliphatic heterocycles. The molecular weight excluding hydrogens is 316 g/mol. The molecule has 2 aromatic carbocycles. The first-order valence-electron chi connectivity index (χ1n) is 8.70. The Balaban J connectivity index is 1.69. The fraction of sp³-hybridized carbons (Fsp3) is 0.350. The van der Waals surface area contributed by atoms with E-state index in [1.54, 1.807) is 0 Å². The Morgan fingerprint density at radius 2 is 1.76 bits per heavy atom. The molecule has 1 atom stereocenters. The van der Waals surface area contributed by atoms with Gasteiger partial charge in [-0.3, -0.25) is 9.69 Å². The van der Waals surface area contributed by atoms with E-state index in [0.717, 1.165) is 29.8 Å². The Hall–Kier alpha value is -2.21. The quantitative estimate of drug-likeness (QED) is 0.931. The van der Waals surface area contributed by atoms with Gasteiger partial charge in [0.15, 0.2) is 12.0 Å². The lowest BCUT2D eigenvalue weighted by Crippen LogP contribution is -2.48. The molecule has 1 saturated heterocycles. The average molecular weight is 338 g/mol. The summed E-state index contributed by atoms with van der Waals surface area (Å²) in [6.07, 6.45) is 0.177. The summed E-state index contributed by atoms with van der Waals surface area (Å²) in [7, 11) is 0. The fourth-order valence-corrected chi connectivity index (χ4v) is 3.45. The van der Waals surface area contributed by atoms with Crippen molar-refractivity contribution in [3.05, 3.63) is 53.6 Å². The van der Waals surface area contributed by atoms with E-state index < -0.39 is 0 Å². The van der Waals surface area contributed by atoms with Gasteiger partial charge >= 0.3 is 0 Å². The molecule has 2 N–H and O–H groups in total. The molecule has 130 valence electrons. The van der Waals surface area contributed by atoms with Crippen LogP contribution in [0.3, 0.4) is 0 Å². The van der Waals surface area contributed by atoms with Crippen LogP contribution in [0.25, 0.3) is 11.1 Å². The lowest BCUT2D eigenvalue weighted by Gasteiger charge is -2.37. The Bertz CT molecular complexity index is 767. The molecule has 5 nitrogen and oxygen atoms in total. The van der Waals surface area contributed by atoms with E-state index in [-0.39, 0.29) is 12.0 Å². The van der Waals surface area contributed by atoms with Crippen molar-refractivity contribution in [1.29, 1.82) is 0 Å². The van der Waals surface area contributed by atoms with Gasteiger partial charge < -0.3 is 15.2 Å². The first kappa shape index (κ1) is 16.3. The van der Waals surface area contributed by atoms with E-state index in [9.17, 15) is 4.79 Å². The normalized spacial score (nSPS) is 20.8. The second-order valence-corrected chi connectivity index (χ2v) is 6.43. The van der Waals surface area contributed by atoms with Gasteiger partial charge in [0.2, 0.25) is 0 Å². The third-order valence-corrected chi connectivity index (χ3v) is 4.88. The molecule has 0 saturated carbocycles. The van der Waals surface area contributed by atoms with Crippen LogP contribution in [0.2, 0.25) is 0 Å². The molecule has 0 amide bonds. The molecular formula is C20H22N2O3. The number of rotatable bonds is 3. The first-order valence-corrected chi connectivity index (χ1v) is 8.70. The highest BCUT2D eigenvalue weighted by atomic mass is 16.5. The number of nitrogens with zero attached hydrogens (tertiary/aromatic N) is 1. The predicted octanol–water partition coefficient (Wildman–Crippen LogP) is 2.44. The molecule has 0 radical (unpaired) electrons. The van der Waals surface area contributed by atoms with Gasteiger partial charge in [0, 0.05) is 25.2 Å². The third kappa shape index (κ3) is 3.18. The molecule has 0 aliphatic carbocycles. The van der Waals surface area contributed by atoms with Crippen LogP contribution in [-0.2, 0) is 11.3 Å². The third-order valence-electron chi connectivity index (χ3n) is 4.88. The van der Waals surface area contributed by atoms with E-state index in [4.69, 9.17) is 15.2 Å². The van der Waals surface area contributed by atoms with Crippen molar-refractivity contribution in [3.63, 3.8) is 0 Å². The number of hydrogen-bond acceptors (Lipinski definition) is 5. The van der Waals surface area contributed by atoms with Gasteiger partial charge in [-0.2, -0.15) is 0 Å². The summed E-state index contributed by atoms with van der Waals surface area (Å²) < 4.78 is 11.7. The number of nitrogens with two attached hydrogens (primary N) is 1. The number of carbonyl (C=O) groups excluding carboxylic acids is 1. The second kappa shape index (κ2) is 6.96. The maximum Gasteiger partial charge on any atom is 0.171 e. The van der Waals surface area contributed by atoms with Crippen LogP contribution >= 0.6 is 0 Å². The van der Waals surface area contributed by atoms with Gasteiger partial charge in [-0.15, -0.1) is 0 Å². The van der Waals surface area contributed by atoms with Crippen LogP contribution < -0.4 is 10.5 Å². The number of para-hydroxylation sites is 1. The SMILES string of the molecule is NCc1ccc(-c2cccc3c2OC(N2CCOCC2)CC3=O)cc1. The van der Waals surface area contributed by atoms with Gasteiger partial charge in [-0.1, -0.05) is 36.4 Å². The summed E-state index contributed by atoms with van der Waals surface area (Å²) in [6, 6.07) is 13.9. The first-order chi connectivity index (χ1) is 12.3. The highest BCUT2D eigenvalue weighted by molar-refractivity contribution is 6.02. The molecule has 2 aliphatic rings. The zero-order valence-corrected chi connectivity index (χ0v) is 14.1. The number of carbonyl (C=O) groups is 1. The van der Waals surface area contributed by atoms with Crippen molar-refractivity contribution in [1.82, 2.24) is 4.90 Å². The highest BCUT2D eigenvalue weighted by Gasteiger charge is 2.33. The maximum absolute atomic E-state index is 12.7. The van der Waals surface area contributed by atoms with Gasteiger partial charge in [-0.25, -0.2) is 0 Å². The molecule has 1 unspecified atom stereocenters. The minimum absolute atomic E-state index is 0.137. The molecule has 25 heavy (non-hydrogen) atoms. The molecule has 1 fully saturated rings. The summed E-state index contributed by atoms with van der Waals surface area (Å²) >= 11 is 0. The Kier molecular flexibility index (Phi) is 4.53. The Labute approximate surface area is 147 Å². The van der Waals surface area contributed by atoms with Crippen LogP contribution in [0.4, 0.5) is 0 Å². The molecule has 0 bridgehead atoms. The number of ketones is 1. The van der Waals surface area contributed by atoms with Gasteiger partial charge in [0.25, 0.3) is 0 Å². The second-order valence-electron chi connectivity index (χ2n) is 6.43. The van der Waals surface area contributed by atoms with E-state index in [1.165, 1.54) is 0 Å². The molecule has 2 aromatic rings. The van der Waals surface area contributed by atoms with Crippen molar-refractivity contribution in [2.45, 2.75) is 19.2 Å². The Morgan fingerprint density at radius 1 is 1.04 bits per heavy atom. The zero-order chi connectivity index (χ0) is 17.2. The van der Waals surface area contributed by atoms with E-state index in [2.05, 4.69) is 4.90 Å². The van der Waals surface area contributed by atoms with Crippen molar-refractivity contribution in [2.24, 2.45) is 5.73 Å². The largest absolute Gasteiger partial charge is 0.473 e. The summed E-state index contributed by atoms with van der Waals surface area (Å²) in [4.78, 5) is 14.9. The number of fused-ring (bicyclic) bond motifs is 1. The lowest BCUT2D eigenvalue weighted by atomic mass is 9.95. The minimum Gasteiger partial charge on any atom is -0.473 e. The van der Waals surface area contributed by atoms with Gasteiger partial charge in [-0.05, 0) is 17.2 Å². The van der Waals surface area contributed by atoms with E-state index in [1.807, 2.05) is 42.5 Å². The standard InChI is InChI=1S/C20H22N2O3/c21-13-14-4-6-15(7-5-14)16-2-1-3-17-18(23)12-19(25-20(16)17)22-8-10-24-11-9-22/h1-7,19H,8-13,21H2. The summed E-state index contributed by atoms with van der Waals surface area (Å²) in [6.45, 7) is 3.47. The van der Waals surface area contributed by atoms with Crippen LogP contribution in [0, 0.1) is 0 Å². The summed E-state index contributed by atoms with van der Waals surface area (Å²) in [5.74, 6) is 0.828. The van der Waals surface area contributed by atoms with Crippen molar-refractivity contribution >= 4 is 5.78 Å². The molecule has 2 heterocycles. The van der Waals surface area contributed by atoms with Crippen molar-refractivity contribution in [3.8, 4) is 16.9 Å². The lowest BCUT2D eigenvalue weighted by molar-refractivity contribution is -0.0486. The molecule has 4 rings (SSSR count). The van der Waals surface area contributed by atoms with E-state index in [0.29, 0.717) is 37.5 Å². The topological polar surface area (TPSA) is 64.8 Å². The maximum atomic E-state index is 12.7. The minimum atomic E-state index is -0.214. The van der Waals surface area contributed by atoms with Gasteiger partial charge in [0.1, 0.15) is 5.75 Å². The fourth-order valence-electron chi connectivity index (χ4n) is 3.45. The molecule has 0 aromatic heterocycles. The Morgan fingerprint density at radius 3 is 2.48 bits per heavy atom. The van der Waals surface area contributed by atoms with Crippen LogP contribution in [0.5, 0.6) is 5.75 Å². The number of benzene rings is 2. The summed E-state index contributed by atoms with van der Waals surface area (Å²) in [5.41, 5.74) is 9.42. The zero-order valence-electron chi connectivity index (χ0n) is 14.1. The van der Waals surface area contributed by atoms with Crippen molar-refractivity contribution in [2.75, 3.05) is 26.3 Å². The monoisotopic (exact) mass is 338 g/mol.